The number of phenolic OH excluding ortho intramolecular Hbond substituents is 1. The van der Waals surface area contributed by atoms with Crippen LogP contribution in [0, 0.1) is 11.6 Å². The maximum atomic E-state index is 13.5. The second-order valence-electron chi connectivity index (χ2n) is 4.34. The summed E-state index contributed by atoms with van der Waals surface area (Å²) >= 11 is 3.30. The zero-order valence-electron chi connectivity index (χ0n) is 11.3. The summed E-state index contributed by atoms with van der Waals surface area (Å²) in [5.74, 6) is -3.05. The maximum Gasteiger partial charge on any atom is 0.258 e. The number of hydrogen-bond donors (Lipinski definition) is 2. The van der Waals surface area contributed by atoms with Crippen LogP contribution >= 0.6 is 15.9 Å². The number of rotatable bonds is 5. The standard InChI is InChI=1S/C15H12BrF2NO3/c16-9-2-1-3-11(6-9)22-5-4-19-15(21)14-12(18)7-10(17)8-13(14)20/h1-3,6-8,20H,4-5H2,(H,19,21). The molecule has 0 atom stereocenters. The highest BCUT2D eigenvalue weighted by atomic mass is 79.9. The van der Waals surface area contributed by atoms with Gasteiger partial charge in [0.15, 0.2) is 0 Å². The molecule has 7 heteroatoms. The number of halogens is 3. The van der Waals surface area contributed by atoms with Crippen LogP contribution in [0.2, 0.25) is 0 Å². The molecule has 2 rings (SSSR count). The summed E-state index contributed by atoms with van der Waals surface area (Å²) in [6, 6.07) is 8.35. The molecule has 0 fully saturated rings. The Balaban J connectivity index is 1.88. The number of aromatic hydroxyl groups is 1. The van der Waals surface area contributed by atoms with Crippen molar-refractivity contribution in [1.29, 1.82) is 0 Å². The van der Waals surface area contributed by atoms with Crippen LogP contribution in [0.5, 0.6) is 11.5 Å². The van der Waals surface area contributed by atoms with Crippen molar-refractivity contribution >= 4 is 21.8 Å². The summed E-state index contributed by atoms with van der Waals surface area (Å²) in [5, 5.41) is 11.8. The van der Waals surface area contributed by atoms with Crippen molar-refractivity contribution in [3.63, 3.8) is 0 Å². The first-order chi connectivity index (χ1) is 10.5. The second-order valence-corrected chi connectivity index (χ2v) is 5.26. The number of amides is 1. The molecule has 0 unspecified atom stereocenters. The summed E-state index contributed by atoms with van der Waals surface area (Å²) < 4.78 is 32.6. The largest absolute Gasteiger partial charge is 0.507 e. The van der Waals surface area contributed by atoms with Crippen molar-refractivity contribution in [2.45, 2.75) is 0 Å². The van der Waals surface area contributed by atoms with Crippen LogP contribution in [0.25, 0.3) is 0 Å². The summed E-state index contributed by atoms with van der Waals surface area (Å²) in [4.78, 5) is 11.8. The highest BCUT2D eigenvalue weighted by molar-refractivity contribution is 9.10. The lowest BCUT2D eigenvalue weighted by Gasteiger charge is -2.09. The van der Waals surface area contributed by atoms with Gasteiger partial charge in [0.25, 0.3) is 5.91 Å². The Labute approximate surface area is 133 Å². The third kappa shape index (κ3) is 4.17. The van der Waals surface area contributed by atoms with E-state index < -0.39 is 28.9 Å². The third-order valence-corrected chi connectivity index (χ3v) is 3.21. The van der Waals surface area contributed by atoms with E-state index in [1.165, 1.54) is 0 Å². The van der Waals surface area contributed by atoms with E-state index >= 15 is 0 Å². The lowest BCUT2D eigenvalue weighted by atomic mass is 10.1. The van der Waals surface area contributed by atoms with Crippen LogP contribution in [0.1, 0.15) is 10.4 Å². The van der Waals surface area contributed by atoms with Gasteiger partial charge in [-0.25, -0.2) is 8.78 Å². The number of carbonyl (C=O) groups is 1. The Bertz CT molecular complexity index is 671. The first-order valence-corrected chi connectivity index (χ1v) is 7.11. The molecule has 0 aliphatic heterocycles. The molecule has 0 heterocycles. The molecule has 22 heavy (non-hydrogen) atoms. The molecule has 2 N–H and O–H groups in total. The first-order valence-electron chi connectivity index (χ1n) is 6.32. The Morgan fingerprint density at radius 3 is 2.73 bits per heavy atom. The Hall–Kier alpha value is -2.15. The van der Waals surface area contributed by atoms with E-state index in [1.807, 2.05) is 6.07 Å². The summed E-state index contributed by atoms with van der Waals surface area (Å²) in [7, 11) is 0. The molecule has 2 aromatic carbocycles. The maximum absolute atomic E-state index is 13.5. The van der Waals surface area contributed by atoms with Crippen LogP contribution < -0.4 is 10.1 Å². The normalized spacial score (nSPS) is 10.3. The minimum atomic E-state index is -1.12. The summed E-state index contributed by atoms with van der Waals surface area (Å²) in [6.07, 6.45) is 0. The number of nitrogens with one attached hydrogen (secondary N) is 1. The average Bonchev–Trinajstić information content (AvgIpc) is 2.42. The van der Waals surface area contributed by atoms with E-state index in [4.69, 9.17) is 4.74 Å². The van der Waals surface area contributed by atoms with Gasteiger partial charge in [-0.05, 0) is 18.2 Å². The number of benzene rings is 2. The number of carbonyl (C=O) groups excluding carboxylic acids is 1. The molecular formula is C15H12BrF2NO3. The fourth-order valence-corrected chi connectivity index (χ4v) is 2.14. The van der Waals surface area contributed by atoms with E-state index in [-0.39, 0.29) is 13.2 Å². The molecule has 0 saturated heterocycles. The predicted octanol–water partition coefficient (Wildman–Crippen LogP) is 3.24. The lowest BCUT2D eigenvalue weighted by Crippen LogP contribution is -2.29. The molecular weight excluding hydrogens is 360 g/mol. The molecule has 0 spiro atoms. The van der Waals surface area contributed by atoms with E-state index in [1.54, 1.807) is 18.2 Å². The van der Waals surface area contributed by atoms with Gasteiger partial charge in [-0.3, -0.25) is 4.79 Å². The Kier molecular flexibility index (Phi) is 5.32. The van der Waals surface area contributed by atoms with Gasteiger partial charge in [-0.15, -0.1) is 0 Å². The topological polar surface area (TPSA) is 58.6 Å². The number of hydrogen-bond acceptors (Lipinski definition) is 3. The average molecular weight is 372 g/mol. The van der Waals surface area contributed by atoms with Crippen molar-refractivity contribution < 1.29 is 23.4 Å². The van der Waals surface area contributed by atoms with E-state index in [2.05, 4.69) is 21.2 Å². The molecule has 0 aliphatic rings. The SMILES string of the molecule is O=C(NCCOc1cccc(Br)c1)c1c(O)cc(F)cc1F. The van der Waals surface area contributed by atoms with Gasteiger partial charge < -0.3 is 15.2 Å². The van der Waals surface area contributed by atoms with Crippen LogP contribution in [-0.2, 0) is 0 Å². The van der Waals surface area contributed by atoms with Crippen LogP contribution in [0.3, 0.4) is 0 Å². The van der Waals surface area contributed by atoms with Crippen molar-refractivity contribution in [3.05, 3.63) is 58.1 Å². The molecule has 0 bridgehead atoms. The van der Waals surface area contributed by atoms with Crippen LogP contribution in [-0.4, -0.2) is 24.2 Å². The lowest BCUT2D eigenvalue weighted by molar-refractivity contribution is 0.0940. The quantitative estimate of drug-likeness (QED) is 0.793. The van der Waals surface area contributed by atoms with Gasteiger partial charge in [0.2, 0.25) is 0 Å². The van der Waals surface area contributed by atoms with Crippen LogP contribution in [0.15, 0.2) is 40.9 Å². The zero-order chi connectivity index (χ0) is 16.1. The molecule has 116 valence electrons. The van der Waals surface area contributed by atoms with Gasteiger partial charge in [0.05, 0.1) is 6.54 Å². The number of ether oxygens (including phenoxy) is 1. The van der Waals surface area contributed by atoms with Crippen molar-refractivity contribution in [2.75, 3.05) is 13.2 Å². The van der Waals surface area contributed by atoms with Gasteiger partial charge >= 0.3 is 0 Å². The minimum Gasteiger partial charge on any atom is -0.507 e. The van der Waals surface area contributed by atoms with Gasteiger partial charge in [0, 0.05) is 16.6 Å². The monoisotopic (exact) mass is 371 g/mol. The van der Waals surface area contributed by atoms with Gasteiger partial charge in [-0.2, -0.15) is 0 Å². The second kappa shape index (κ2) is 7.22. The van der Waals surface area contributed by atoms with Crippen LogP contribution in [0.4, 0.5) is 8.78 Å². The van der Waals surface area contributed by atoms with E-state index in [9.17, 15) is 18.7 Å². The van der Waals surface area contributed by atoms with Gasteiger partial charge in [-0.1, -0.05) is 22.0 Å². The smallest absolute Gasteiger partial charge is 0.258 e. The van der Waals surface area contributed by atoms with Gasteiger partial charge in [0.1, 0.15) is 35.3 Å². The Morgan fingerprint density at radius 1 is 1.27 bits per heavy atom. The van der Waals surface area contributed by atoms with E-state index in [0.29, 0.717) is 17.9 Å². The summed E-state index contributed by atoms with van der Waals surface area (Å²) in [5.41, 5.74) is -0.594. The minimum absolute atomic E-state index is 0.0988. The molecule has 2 aromatic rings. The molecule has 0 radical (unpaired) electrons. The number of phenols is 1. The molecule has 4 nitrogen and oxygen atoms in total. The zero-order valence-corrected chi connectivity index (χ0v) is 12.9. The predicted molar refractivity (Wildman–Crippen MR) is 80.0 cm³/mol. The molecule has 0 saturated carbocycles. The highest BCUT2D eigenvalue weighted by Crippen LogP contribution is 2.21. The first kappa shape index (κ1) is 16.2. The molecule has 0 aliphatic carbocycles. The fourth-order valence-electron chi connectivity index (χ4n) is 1.76. The van der Waals surface area contributed by atoms with Crippen molar-refractivity contribution in [3.8, 4) is 11.5 Å². The highest BCUT2D eigenvalue weighted by Gasteiger charge is 2.18. The molecule has 1 amide bonds. The Morgan fingerprint density at radius 2 is 2.05 bits per heavy atom. The van der Waals surface area contributed by atoms with Crippen molar-refractivity contribution in [1.82, 2.24) is 5.32 Å². The molecule has 0 aromatic heterocycles. The van der Waals surface area contributed by atoms with E-state index in [0.717, 1.165) is 4.47 Å². The summed E-state index contributed by atoms with van der Waals surface area (Å²) in [6.45, 7) is 0.257. The third-order valence-electron chi connectivity index (χ3n) is 2.71. The fraction of sp³-hybridized carbons (Fsp3) is 0.133. The van der Waals surface area contributed by atoms with Crippen molar-refractivity contribution in [2.24, 2.45) is 0 Å².